The minimum absolute atomic E-state index is 0.0248. The minimum atomic E-state index is -4.25. The van der Waals surface area contributed by atoms with Crippen LogP contribution in [0.5, 0.6) is 0 Å². The average molecular weight is 261 g/mol. The summed E-state index contributed by atoms with van der Waals surface area (Å²) in [7, 11) is 0. The quantitative estimate of drug-likeness (QED) is 0.853. The van der Waals surface area contributed by atoms with Gasteiger partial charge in [0.2, 0.25) is 0 Å². The molecule has 0 aromatic carbocycles. The maximum absolute atomic E-state index is 12.9. The van der Waals surface area contributed by atoms with Gasteiger partial charge in [0.25, 0.3) is 0 Å². The topological polar surface area (TPSA) is 42.2 Å². The van der Waals surface area contributed by atoms with Gasteiger partial charge in [-0.2, -0.15) is 13.2 Å². The van der Waals surface area contributed by atoms with Gasteiger partial charge in [0.1, 0.15) is 6.04 Å². The summed E-state index contributed by atoms with van der Waals surface area (Å²) in [5.41, 5.74) is 6.09. The molecule has 0 radical (unpaired) electrons. The summed E-state index contributed by atoms with van der Waals surface area (Å²) < 4.78 is 38.8. The number of hydrogen-bond acceptors (Lipinski definition) is 3. The Balaban J connectivity index is 2.79. The van der Waals surface area contributed by atoms with E-state index in [4.69, 9.17) is 5.73 Å². The molecule has 0 bridgehead atoms. The third kappa shape index (κ3) is 4.27. The summed E-state index contributed by atoms with van der Waals surface area (Å²) in [5.74, 6) is 0. The van der Waals surface area contributed by atoms with Crippen molar-refractivity contribution in [3.63, 3.8) is 0 Å². The second-order valence-corrected chi connectivity index (χ2v) is 4.05. The number of nitrogens with zero attached hydrogens (tertiary/aromatic N) is 2. The Kier molecular flexibility index (Phi) is 5.55. The molecule has 0 amide bonds. The third-order valence-electron chi connectivity index (χ3n) is 2.80. The van der Waals surface area contributed by atoms with Gasteiger partial charge in [0.15, 0.2) is 0 Å². The van der Waals surface area contributed by atoms with Gasteiger partial charge in [-0.3, -0.25) is 9.88 Å². The molecule has 2 N–H and O–H groups in total. The fourth-order valence-electron chi connectivity index (χ4n) is 1.88. The van der Waals surface area contributed by atoms with Crippen LogP contribution in [-0.4, -0.2) is 35.2 Å². The highest BCUT2D eigenvalue weighted by molar-refractivity contribution is 5.09. The van der Waals surface area contributed by atoms with Gasteiger partial charge >= 0.3 is 6.18 Å². The molecule has 3 nitrogen and oxygen atoms in total. The van der Waals surface area contributed by atoms with Gasteiger partial charge in [-0.15, -0.1) is 0 Å². The number of halogens is 3. The fourth-order valence-corrected chi connectivity index (χ4v) is 1.88. The zero-order valence-corrected chi connectivity index (χ0v) is 10.3. The van der Waals surface area contributed by atoms with Crippen LogP contribution < -0.4 is 5.73 Å². The molecular formula is C12H18F3N3. The van der Waals surface area contributed by atoms with Crippen LogP contribution >= 0.6 is 0 Å². The first-order valence-electron chi connectivity index (χ1n) is 5.88. The zero-order valence-electron chi connectivity index (χ0n) is 10.3. The zero-order chi connectivity index (χ0) is 13.6. The van der Waals surface area contributed by atoms with Gasteiger partial charge in [-0.1, -0.05) is 6.92 Å². The van der Waals surface area contributed by atoms with E-state index in [2.05, 4.69) is 4.98 Å². The Morgan fingerprint density at radius 3 is 2.39 bits per heavy atom. The lowest BCUT2D eigenvalue weighted by Crippen LogP contribution is -2.46. The molecule has 1 heterocycles. The molecular weight excluding hydrogens is 243 g/mol. The first-order chi connectivity index (χ1) is 8.49. The van der Waals surface area contributed by atoms with Crippen molar-refractivity contribution in [1.29, 1.82) is 0 Å². The molecule has 0 aliphatic heterocycles. The molecule has 1 atom stereocenters. The molecule has 1 aromatic heterocycles. The lowest BCUT2D eigenvalue weighted by Gasteiger charge is -2.32. The predicted octanol–water partition coefficient (Wildman–Crippen LogP) is 2.18. The molecule has 1 unspecified atom stereocenters. The standard InChI is InChI=1S/C12H18F3N3/c1-2-18(9-10-4-7-17-8-5-10)11(3-6-16)12(13,14)15/h4-5,7-8,11H,2-3,6,9,16H2,1H3. The highest BCUT2D eigenvalue weighted by Crippen LogP contribution is 2.27. The molecule has 0 saturated heterocycles. The van der Waals surface area contributed by atoms with Crippen LogP contribution in [0.15, 0.2) is 24.5 Å². The maximum atomic E-state index is 12.9. The molecule has 1 rings (SSSR count). The smallest absolute Gasteiger partial charge is 0.330 e. The summed E-state index contributed by atoms with van der Waals surface area (Å²) in [5, 5.41) is 0. The van der Waals surface area contributed by atoms with Gasteiger partial charge in [0.05, 0.1) is 0 Å². The van der Waals surface area contributed by atoms with Crippen molar-refractivity contribution < 1.29 is 13.2 Å². The van der Waals surface area contributed by atoms with Crippen molar-refractivity contribution in [2.24, 2.45) is 5.73 Å². The normalized spacial score (nSPS) is 13.9. The van der Waals surface area contributed by atoms with Crippen molar-refractivity contribution in [2.45, 2.75) is 32.1 Å². The number of aromatic nitrogens is 1. The van der Waals surface area contributed by atoms with E-state index >= 15 is 0 Å². The molecule has 1 aromatic rings. The van der Waals surface area contributed by atoms with Crippen LogP contribution in [0.4, 0.5) is 13.2 Å². The van der Waals surface area contributed by atoms with E-state index in [-0.39, 0.29) is 19.5 Å². The largest absolute Gasteiger partial charge is 0.404 e. The van der Waals surface area contributed by atoms with Crippen LogP contribution in [0.3, 0.4) is 0 Å². The monoisotopic (exact) mass is 261 g/mol. The molecule has 18 heavy (non-hydrogen) atoms. The predicted molar refractivity (Wildman–Crippen MR) is 63.8 cm³/mol. The van der Waals surface area contributed by atoms with Gasteiger partial charge in [-0.25, -0.2) is 0 Å². The summed E-state index contributed by atoms with van der Waals surface area (Å²) in [6.07, 6.45) is -1.17. The first kappa shape index (κ1) is 14.9. The average Bonchev–Trinajstić information content (AvgIpc) is 2.33. The van der Waals surface area contributed by atoms with E-state index in [0.717, 1.165) is 5.56 Å². The molecule has 0 aliphatic rings. The molecule has 0 aliphatic carbocycles. The fraction of sp³-hybridized carbons (Fsp3) is 0.583. The van der Waals surface area contributed by atoms with E-state index < -0.39 is 12.2 Å². The Morgan fingerprint density at radius 1 is 1.33 bits per heavy atom. The Labute approximate surface area is 105 Å². The van der Waals surface area contributed by atoms with Crippen molar-refractivity contribution in [1.82, 2.24) is 9.88 Å². The third-order valence-corrected chi connectivity index (χ3v) is 2.80. The molecule has 0 spiro atoms. The number of alkyl halides is 3. The lowest BCUT2D eigenvalue weighted by atomic mass is 10.1. The molecule has 0 fully saturated rings. The van der Waals surface area contributed by atoms with Crippen molar-refractivity contribution in [2.75, 3.05) is 13.1 Å². The Bertz CT molecular complexity index is 340. The number of hydrogen-bond donors (Lipinski definition) is 1. The summed E-state index contributed by atoms with van der Waals surface area (Å²) in [4.78, 5) is 5.24. The number of nitrogens with two attached hydrogens (primary N) is 1. The second-order valence-electron chi connectivity index (χ2n) is 4.05. The SMILES string of the molecule is CCN(Cc1ccncc1)C(CCN)C(F)(F)F. The molecule has 102 valence electrons. The maximum Gasteiger partial charge on any atom is 0.404 e. The number of pyridine rings is 1. The highest BCUT2D eigenvalue weighted by Gasteiger charge is 2.42. The van der Waals surface area contributed by atoms with Crippen LogP contribution in [0, 0.1) is 0 Å². The van der Waals surface area contributed by atoms with E-state index in [1.165, 1.54) is 4.90 Å². The summed E-state index contributed by atoms with van der Waals surface area (Å²) >= 11 is 0. The Morgan fingerprint density at radius 2 is 1.94 bits per heavy atom. The van der Waals surface area contributed by atoms with Crippen LogP contribution in [0.2, 0.25) is 0 Å². The van der Waals surface area contributed by atoms with E-state index in [0.29, 0.717) is 6.54 Å². The van der Waals surface area contributed by atoms with Crippen molar-refractivity contribution in [3.05, 3.63) is 30.1 Å². The van der Waals surface area contributed by atoms with Gasteiger partial charge in [-0.05, 0) is 37.2 Å². The van der Waals surface area contributed by atoms with E-state index in [1.54, 1.807) is 31.5 Å². The van der Waals surface area contributed by atoms with Crippen molar-refractivity contribution in [3.8, 4) is 0 Å². The van der Waals surface area contributed by atoms with Crippen LogP contribution in [0.25, 0.3) is 0 Å². The van der Waals surface area contributed by atoms with E-state index in [1.807, 2.05) is 0 Å². The second kappa shape index (κ2) is 6.70. The van der Waals surface area contributed by atoms with E-state index in [9.17, 15) is 13.2 Å². The highest BCUT2D eigenvalue weighted by atomic mass is 19.4. The molecule has 6 heteroatoms. The number of rotatable bonds is 6. The van der Waals surface area contributed by atoms with Gasteiger partial charge < -0.3 is 5.73 Å². The van der Waals surface area contributed by atoms with Crippen LogP contribution in [-0.2, 0) is 6.54 Å². The van der Waals surface area contributed by atoms with Gasteiger partial charge in [0, 0.05) is 18.9 Å². The summed E-state index contributed by atoms with van der Waals surface area (Å²) in [6.45, 7) is 2.32. The van der Waals surface area contributed by atoms with Crippen molar-refractivity contribution >= 4 is 0 Å². The molecule has 0 saturated carbocycles. The van der Waals surface area contributed by atoms with Crippen LogP contribution in [0.1, 0.15) is 18.9 Å². The summed E-state index contributed by atoms with van der Waals surface area (Å²) in [6, 6.07) is 1.96. The lowest BCUT2D eigenvalue weighted by molar-refractivity contribution is -0.186. The minimum Gasteiger partial charge on any atom is -0.330 e. The first-order valence-corrected chi connectivity index (χ1v) is 5.88. The Hall–Kier alpha value is -1.14.